The van der Waals surface area contributed by atoms with Gasteiger partial charge in [-0.2, -0.15) is 0 Å². The fourth-order valence-electron chi connectivity index (χ4n) is 0. The van der Waals surface area contributed by atoms with E-state index in [9.17, 15) is 0 Å². The molecule has 0 heterocycles. The number of nitrogens with two attached hydrogens (primary N) is 4. The summed E-state index contributed by atoms with van der Waals surface area (Å²) in [5, 5.41) is 0. The van der Waals surface area contributed by atoms with Gasteiger partial charge in [0.1, 0.15) is 0 Å². The van der Waals surface area contributed by atoms with Crippen LogP contribution in [0.25, 0.3) is 0 Å². The smallest absolute Gasteiger partial charge is 0.415 e. The molecule has 0 aromatic rings. The molecule has 14 heteroatoms. The summed E-state index contributed by atoms with van der Waals surface area (Å²) in [5.74, 6) is 0. The maximum Gasteiger partial charge on any atom is 2.00 e. The van der Waals surface area contributed by atoms with Crippen LogP contribution in [-0.4, -0.2) is 17.3 Å². The summed E-state index contributed by atoms with van der Waals surface area (Å²) in [4.78, 5) is 0. The van der Waals surface area contributed by atoms with Gasteiger partial charge in [-0.25, -0.2) is 0 Å². The van der Waals surface area contributed by atoms with Crippen molar-refractivity contribution in [2.75, 3.05) is 0 Å². The van der Waals surface area contributed by atoms with E-state index in [0.717, 1.165) is 0 Å². The van der Waals surface area contributed by atoms with E-state index in [1.165, 1.54) is 0 Å². The first-order valence-electron chi connectivity index (χ1n) is 2.79. The second-order valence-corrected chi connectivity index (χ2v) is 5.83. The second kappa shape index (κ2) is 31.2. The van der Waals surface area contributed by atoms with Gasteiger partial charge in [0, 0.05) is 0 Å². The third-order valence-corrected chi connectivity index (χ3v) is 0. The van der Waals surface area contributed by atoms with E-state index in [2.05, 4.69) is 122 Å². The Kier molecular flexibility index (Phi) is 63.6. The Morgan fingerprint density at radius 3 is 0.500 bits per heavy atom. The SMILES string of the molecule is NC(=S)[S-].NC(=S)[S-].NC(=S)[S-].NC(=S)[S-].[Zn+2].[Zn+2]. The van der Waals surface area contributed by atoms with E-state index in [1.807, 2.05) is 0 Å². The monoisotopic (exact) mass is 496 g/mol. The zero-order chi connectivity index (χ0) is 14.3. The first-order chi connectivity index (χ1) is 6.93. The van der Waals surface area contributed by atoms with Crippen LogP contribution in [0, 0.1) is 0 Å². The largest absolute Gasteiger partial charge is 2.00 e. The number of thiocarbonyl (C=S) groups is 4. The average molecular weight is 499 g/mol. The van der Waals surface area contributed by atoms with E-state index in [1.54, 1.807) is 0 Å². The summed E-state index contributed by atoms with van der Waals surface area (Å²) in [6.07, 6.45) is 0. The van der Waals surface area contributed by atoms with Gasteiger partial charge in [0.15, 0.2) is 0 Å². The van der Waals surface area contributed by atoms with Gasteiger partial charge < -0.3 is 122 Å². The van der Waals surface area contributed by atoms with Gasteiger partial charge in [0.25, 0.3) is 0 Å². The molecule has 0 fully saturated rings. The Bertz CT molecular complexity index is 173. The van der Waals surface area contributed by atoms with Gasteiger partial charge in [-0.3, -0.25) is 0 Å². The van der Waals surface area contributed by atoms with Crippen molar-refractivity contribution in [3.05, 3.63) is 0 Å². The Morgan fingerprint density at radius 2 is 0.500 bits per heavy atom. The molecule has 18 heavy (non-hydrogen) atoms. The quantitative estimate of drug-likeness (QED) is 0.189. The Morgan fingerprint density at radius 1 is 0.500 bits per heavy atom. The minimum Gasteiger partial charge on any atom is -0.415 e. The molecule has 96 valence electrons. The van der Waals surface area contributed by atoms with Crippen LogP contribution in [0.4, 0.5) is 0 Å². The molecule has 0 aliphatic heterocycles. The summed E-state index contributed by atoms with van der Waals surface area (Å²) in [6.45, 7) is 0. The maximum absolute atomic E-state index is 4.66. The topological polar surface area (TPSA) is 104 Å². The second-order valence-electron chi connectivity index (χ2n) is 1.28. The van der Waals surface area contributed by atoms with Crippen LogP contribution in [0.3, 0.4) is 0 Å². The third-order valence-electron chi connectivity index (χ3n) is 0. The van der Waals surface area contributed by atoms with Gasteiger partial charge in [-0.05, 0) is 0 Å². The Hall–Kier alpha value is 1.69. The third kappa shape index (κ3) is 1730. The molecule has 0 aliphatic rings. The molecule has 0 aliphatic carbocycles. The van der Waals surface area contributed by atoms with Crippen LogP contribution < -0.4 is 22.9 Å². The Labute approximate surface area is 176 Å². The zero-order valence-corrected chi connectivity index (χ0v) is 21.5. The molecule has 0 aromatic carbocycles. The molecule has 0 saturated heterocycles. The van der Waals surface area contributed by atoms with Crippen molar-refractivity contribution in [1.82, 2.24) is 0 Å². The molecule has 0 radical (unpaired) electrons. The number of hydrogen-bond acceptors (Lipinski definition) is 8. The van der Waals surface area contributed by atoms with Gasteiger partial charge in [-0.15, -0.1) is 0 Å². The van der Waals surface area contributed by atoms with Crippen molar-refractivity contribution in [3.8, 4) is 0 Å². The fourth-order valence-corrected chi connectivity index (χ4v) is 0. The van der Waals surface area contributed by atoms with Gasteiger partial charge in [-0.1, -0.05) is 17.3 Å². The summed E-state index contributed by atoms with van der Waals surface area (Å²) >= 11 is 33.0. The summed E-state index contributed by atoms with van der Waals surface area (Å²) in [5.41, 5.74) is 18.6. The molecule has 0 spiro atoms. The van der Waals surface area contributed by atoms with E-state index in [-0.39, 0.29) is 56.2 Å². The van der Waals surface area contributed by atoms with Crippen molar-refractivity contribution in [1.29, 1.82) is 0 Å². The molecule has 0 rings (SSSR count). The van der Waals surface area contributed by atoms with Crippen LogP contribution in [0.2, 0.25) is 0 Å². The van der Waals surface area contributed by atoms with Crippen molar-refractivity contribution in [2.45, 2.75) is 0 Å². The van der Waals surface area contributed by atoms with E-state index >= 15 is 0 Å². The van der Waals surface area contributed by atoms with Gasteiger partial charge in [0.05, 0.1) is 0 Å². The molecule has 0 bridgehead atoms. The van der Waals surface area contributed by atoms with E-state index in [4.69, 9.17) is 0 Å². The summed E-state index contributed by atoms with van der Waals surface area (Å²) in [7, 11) is 0. The van der Waals surface area contributed by atoms with Crippen LogP contribution in [0.5, 0.6) is 0 Å². The molecule has 4 nitrogen and oxygen atoms in total. The van der Waals surface area contributed by atoms with Crippen molar-refractivity contribution in [2.24, 2.45) is 22.9 Å². The van der Waals surface area contributed by atoms with E-state index < -0.39 is 0 Å². The predicted octanol–water partition coefficient (Wildman–Crippen LogP) is -0.897. The molecule has 0 unspecified atom stereocenters. The molecular weight excluding hydrogens is 491 g/mol. The van der Waals surface area contributed by atoms with Crippen LogP contribution in [-0.2, 0) is 89.5 Å². The van der Waals surface area contributed by atoms with E-state index in [0.29, 0.717) is 0 Å². The number of rotatable bonds is 0. The fraction of sp³-hybridized carbons (Fsp3) is 0. The first kappa shape index (κ1) is 36.7. The minimum absolute atomic E-state index is 0. The van der Waals surface area contributed by atoms with Crippen molar-refractivity contribution in [3.63, 3.8) is 0 Å². The molecule has 0 aromatic heterocycles. The van der Waals surface area contributed by atoms with Gasteiger partial charge >= 0.3 is 39.0 Å². The molecular formula is C4H8N4S8Zn2. The normalized spacial score (nSPS) is 5.33. The Balaban J connectivity index is -0.0000000257. The molecule has 0 saturated carbocycles. The summed E-state index contributed by atoms with van der Waals surface area (Å²) < 4.78 is 0.333. The van der Waals surface area contributed by atoms with Crippen LogP contribution >= 0.6 is 48.9 Å². The predicted molar refractivity (Wildman–Crippen MR) is 96.6 cm³/mol. The summed E-state index contributed by atoms with van der Waals surface area (Å²) in [6, 6.07) is 0. The van der Waals surface area contributed by atoms with Gasteiger partial charge in [0.2, 0.25) is 0 Å². The average Bonchev–Trinajstić information content (AvgIpc) is 1.76. The molecule has 0 atom stereocenters. The number of hydrogen-bond donors (Lipinski definition) is 4. The maximum atomic E-state index is 4.66. The first-order valence-corrected chi connectivity index (χ1v) is 6.05. The minimum atomic E-state index is 0. The van der Waals surface area contributed by atoms with Crippen LogP contribution in [0.1, 0.15) is 0 Å². The van der Waals surface area contributed by atoms with Crippen molar-refractivity contribution >= 4 is 117 Å². The molecule has 0 amide bonds. The van der Waals surface area contributed by atoms with Crippen molar-refractivity contribution < 1.29 is 39.0 Å². The standard InChI is InChI=1S/4CH3NS2.2Zn/c4*2-1(3)4;;/h4*(H3,2,3,4);;/q;;;;2*+2/p-4. The van der Waals surface area contributed by atoms with Crippen LogP contribution in [0.15, 0.2) is 0 Å². The zero-order valence-electron chi connectivity index (χ0n) is 8.99. The molecule has 8 N–H and O–H groups in total.